The highest BCUT2D eigenvalue weighted by Crippen LogP contribution is 2.30. The minimum Gasteiger partial charge on any atom is -0.383 e. The number of hydrogen-bond acceptors (Lipinski definition) is 3. The Morgan fingerprint density at radius 1 is 1.43 bits per heavy atom. The fourth-order valence-electron chi connectivity index (χ4n) is 3.10. The molecule has 1 fully saturated rings. The van der Waals surface area contributed by atoms with Crippen molar-refractivity contribution in [2.24, 2.45) is 5.92 Å². The maximum absolute atomic E-state index is 14.2. The van der Waals surface area contributed by atoms with Crippen LogP contribution in [0.5, 0.6) is 0 Å². The van der Waals surface area contributed by atoms with Crippen LogP contribution in [0.15, 0.2) is 18.2 Å². The van der Waals surface area contributed by atoms with Crippen molar-refractivity contribution >= 4 is 5.69 Å². The zero-order valence-corrected chi connectivity index (χ0v) is 13.2. The van der Waals surface area contributed by atoms with Crippen LogP contribution in [0.2, 0.25) is 0 Å². The normalized spacial score (nSPS) is 18.4. The third-order valence-electron chi connectivity index (χ3n) is 4.20. The maximum atomic E-state index is 14.2. The zero-order valence-electron chi connectivity index (χ0n) is 13.2. The number of rotatable bonds is 8. The summed E-state index contributed by atoms with van der Waals surface area (Å²) in [6.07, 6.45) is 3.72. The van der Waals surface area contributed by atoms with E-state index in [1.54, 1.807) is 13.2 Å². The Balaban J connectivity index is 2.03. The average molecular weight is 294 g/mol. The van der Waals surface area contributed by atoms with Gasteiger partial charge in [0.1, 0.15) is 5.82 Å². The first-order valence-corrected chi connectivity index (χ1v) is 7.98. The van der Waals surface area contributed by atoms with E-state index in [0.29, 0.717) is 13.2 Å². The maximum Gasteiger partial charge on any atom is 0.129 e. The number of nitrogens with one attached hydrogen (secondary N) is 1. The first-order valence-electron chi connectivity index (χ1n) is 7.98. The summed E-state index contributed by atoms with van der Waals surface area (Å²) in [7, 11) is 1.67. The molecule has 1 saturated heterocycles. The fourth-order valence-corrected chi connectivity index (χ4v) is 3.10. The monoisotopic (exact) mass is 294 g/mol. The molecule has 1 aromatic carbocycles. The van der Waals surface area contributed by atoms with Crippen LogP contribution >= 0.6 is 0 Å². The van der Waals surface area contributed by atoms with Crippen LogP contribution in [-0.2, 0) is 11.3 Å². The number of benzene rings is 1. The van der Waals surface area contributed by atoms with Gasteiger partial charge in [-0.05, 0) is 30.9 Å². The SMILES string of the molecule is CCCC1CCN(c2cccc(F)c2CNCCOC)C1. The van der Waals surface area contributed by atoms with Crippen LogP contribution < -0.4 is 10.2 Å². The molecule has 21 heavy (non-hydrogen) atoms. The van der Waals surface area contributed by atoms with Gasteiger partial charge in [0.05, 0.1) is 6.61 Å². The third-order valence-corrected chi connectivity index (χ3v) is 4.20. The molecule has 1 heterocycles. The Bertz CT molecular complexity index is 439. The summed E-state index contributed by atoms with van der Waals surface area (Å²) in [6, 6.07) is 5.41. The van der Waals surface area contributed by atoms with Crippen molar-refractivity contribution in [2.45, 2.75) is 32.7 Å². The second-order valence-corrected chi connectivity index (χ2v) is 5.80. The molecule has 0 amide bonds. The van der Waals surface area contributed by atoms with E-state index in [1.807, 2.05) is 12.1 Å². The lowest BCUT2D eigenvalue weighted by molar-refractivity contribution is 0.199. The molecular formula is C17H27FN2O. The van der Waals surface area contributed by atoms with E-state index < -0.39 is 0 Å². The zero-order chi connectivity index (χ0) is 15.1. The lowest BCUT2D eigenvalue weighted by Crippen LogP contribution is -2.25. The number of ether oxygens (including phenoxy) is 1. The molecule has 1 aromatic rings. The van der Waals surface area contributed by atoms with E-state index in [2.05, 4.69) is 17.1 Å². The highest BCUT2D eigenvalue weighted by Gasteiger charge is 2.24. The predicted molar refractivity (Wildman–Crippen MR) is 85.2 cm³/mol. The van der Waals surface area contributed by atoms with Crippen molar-refractivity contribution < 1.29 is 9.13 Å². The van der Waals surface area contributed by atoms with E-state index in [4.69, 9.17) is 4.74 Å². The van der Waals surface area contributed by atoms with Crippen LogP contribution in [0.1, 0.15) is 31.7 Å². The van der Waals surface area contributed by atoms with Crippen molar-refractivity contribution in [2.75, 3.05) is 38.3 Å². The highest BCUT2D eigenvalue weighted by atomic mass is 19.1. The standard InChI is InChI=1S/C17H27FN2O/c1-3-5-14-8-10-20(13-14)17-7-4-6-16(18)15(17)12-19-9-11-21-2/h4,6-7,14,19H,3,5,8-13H2,1-2H3. The van der Waals surface area contributed by atoms with Gasteiger partial charge in [0.15, 0.2) is 0 Å². The molecule has 1 aliphatic rings. The molecule has 0 aromatic heterocycles. The molecule has 4 heteroatoms. The van der Waals surface area contributed by atoms with Crippen molar-refractivity contribution in [3.8, 4) is 0 Å². The van der Waals surface area contributed by atoms with Gasteiger partial charge in [-0.2, -0.15) is 0 Å². The third kappa shape index (κ3) is 4.42. The first kappa shape index (κ1) is 16.2. The quantitative estimate of drug-likeness (QED) is 0.745. The summed E-state index contributed by atoms with van der Waals surface area (Å²) in [4.78, 5) is 2.34. The molecule has 0 saturated carbocycles. The number of anilines is 1. The summed E-state index contributed by atoms with van der Waals surface area (Å²) < 4.78 is 19.2. The largest absolute Gasteiger partial charge is 0.383 e. The molecule has 2 rings (SSSR count). The summed E-state index contributed by atoms with van der Waals surface area (Å²) in [5.41, 5.74) is 1.84. The predicted octanol–water partition coefficient (Wildman–Crippen LogP) is 3.19. The average Bonchev–Trinajstić information content (AvgIpc) is 2.94. The topological polar surface area (TPSA) is 24.5 Å². The molecule has 0 radical (unpaired) electrons. The van der Waals surface area contributed by atoms with E-state index in [1.165, 1.54) is 19.3 Å². The molecule has 118 valence electrons. The summed E-state index contributed by atoms with van der Waals surface area (Å²) in [5, 5.41) is 3.25. The van der Waals surface area contributed by atoms with Crippen molar-refractivity contribution in [3.05, 3.63) is 29.6 Å². The van der Waals surface area contributed by atoms with E-state index in [9.17, 15) is 4.39 Å². The Kier molecular flexibility index (Phi) is 6.46. The molecule has 1 atom stereocenters. The lowest BCUT2D eigenvalue weighted by atomic mass is 10.0. The molecular weight excluding hydrogens is 267 g/mol. The van der Waals surface area contributed by atoms with Crippen LogP contribution in [-0.4, -0.2) is 33.4 Å². The Morgan fingerprint density at radius 3 is 3.05 bits per heavy atom. The van der Waals surface area contributed by atoms with Crippen molar-refractivity contribution in [1.29, 1.82) is 0 Å². The van der Waals surface area contributed by atoms with Gasteiger partial charge >= 0.3 is 0 Å². The summed E-state index contributed by atoms with van der Waals surface area (Å²) >= 11 is 0. The van der Waals surface area contributed by atoms with Gasteiger partial charge < -0.3 is 15.0 Å². The lowest BCUT2D eigenvalue weighted by Gasteiger charge is -2.23. The van der Waals surface area contributed by atoms with Crippen LogP contribution in [0.3, 0.4) is 0 Å². The second kappa shape index (κ2) is 8.35. The van der Waals surface area contributed by atoms with Crippen molar-refractivity contribution in [3.63, 3.8) is 0 Å². The Hall–Kier alpha value is -1.13. The number of methoxy groups -OCH3 is 1. The molecule has 0 bridgehead atoms. The van der Waals surface area contributed by atoms with Crippen molar-refractivity contribution in [1.82, 2.24) is 5.32 Å². The molecule has 3 nitrogen and oxygen atoms in total. The first-order chi connectivity index (χ1) is 10.3. The number of halogens is 1. The van der Waals surface area contributed by atoms with Gasteiger partial charge in [0.2, 0.25) is 0 Å². The number of hydrogen-bond donors (Lipinski definition) is 1. The van der Waals surface area contributed by atoms with Gasteiger partial charge in [-0.1, -0.05) is 19.4 Å². The van der Waals surface area contributed by atoms with Gasteiger partial charge in [-0.15, -0.1) is 0 Å². The molecule has 1 unspecified atom stereocenters. The Morgan fingerprint density at radius 2 is 2.29 bits per heavy atom. The molecule has 0 aliphatic carbocycles. The van der Waals surface area contributed by atoms with E-state index >= 15 is 0 Å². The fraction of sp³-hybridized carbons (Fsp3) is 0.647. The van der Waals surface area contributed by atoms with Gasteiger partial charge in [-0.3, -0.25) is 0 Å². The van der Waals surface area contributed by atoms with E-state index in [0.717, 1.165) is 36.8 Å². The van der Waals surface area contributed by atoms with Crippen LogP contribution in [0.25, 0.3) is 0 Å². The van der Waals surface area contributed by atoms with Gasteiger partial charge in [-0.25, -0.2) is 4.39 Å². The van der Waals surface area contributed by atoms with E-state index in [-0.39, 0.29) is 5.82 Å². The summed E-state index contributed by atoms with van der Waals surface area (Å²) in [5.74, 6) is 0.643. The molecule has 1 N–H and O–H groups in total. The number of nitrogens with zero attached hydrogens (tertiary/aromatic N) is 1. The molecule has 1 aliphatic heterocycles. The Labute approximate surface area is 127 Å². The van der Waals surface area contributed by atoms with Gasteiger partial charge in [0.25, 0.3) is 0 Å². The summed E-state index contributed by atoms with van der Waals surface area (Å²) in [6.45, 7) is 6.27. The molecule has 0 spiro atoms. The second-order valence-electron chi connectivity index (χ2n) is 5.80. The van der Waals surface area contributed by atoms with Gasteiger partial charge in [0, 0.05) is 44.5 Å². The minimum absolute atomic E-state index is 0.114. The highest BCUT2D eigenvalue weighted by molar-refractivity contribution is 5.55. The smallest absolute Gasteiger partial charge is 0.129 e. The van der Waals surface area contributed by atoms with Crippen LogP contribution in [0.4, 0.5) is 10.1 Å². The van der Waals surface area contributed by atoms with Crippen LogP contribution in [0, 0.1) is 11.7 Å². The minimum atomic E-state index is -0.114.